The minimum absolute atomic E-state index is 0.384. The molecule has 0 aromatic heterocycles. The Morgan fingerprint density at radius 2 is 1.86 bits per heavy atom. The van der Waals surface area contributed by atoms with Crippen LogP contribution in [0.25, 0.3) is 0 Å². The van der Waals surface area contributed by atoms with Crippen molar-refractivity contribution < 1.29 is 4.74 Å². The van der Waals surface area contributed by atoms with Crippen LogP contribution in [0, 0.1) is 35.0 Å². The van der Waals surface area contributed by atoms with Crippen molar-refractivity contribution in [3.8, 4) is 0 Å². The molecule has 1 heterocycles. The van der Waals surface area contributed by atoms with Crippen LogP contribution in [0.4, 0.5) is 0 Å². The number of ether oxygens (including phenoxy) is 1. The van der Waals surface area contributed by atoms with E-state index in [0.717, 1.165) is 29.6 Å². The maximum absolute atomic E-state index is 5.84. The third kappa shape index (κ3) is 2.90. The Balaban J connectivity index is 1.46. The molecule has 22 heavy (non-hydrogen) atoms. The van der Waals surface area contributed by atoms with Crippen molar-refractivity contribution in [3.63, 3.8) is 0 Å². The first-order chi connectivity index (χ1) is 10.5. The van der Waals surface area contributed by atoms with Gasteiger partial charge in [-0.3, -0.25) is 0 Å². The molecule has 3 aliphatic rings. The van der Waals surface area contributed by atoms with Crippen molar-refractivity contribution >= 4 is 0 Å². The fourth-order valence-corrected chi connectivity index (χ4v) is 5.51. The molecule has 1 heteroatoms. The van der Waals surface area contributed by atoms with E-state index in [4.69, 9.17) is 4.74 Å². The molecule has 2 bridgehead atoms. The van der Waals surface area contributed by atoms with Crippen molar-refractivity contribution in [2.24, 2.45) is 35.0 Å². The van der Waals surface area contributed by atoms with Crippen molar-refractivity contribution in [2.45, 2.75) is 84.8 Å². The molecule has 0 aromatic rings. The third-order valence-electron chi connectivity index (χ3n) is 7.82. The van der Waals surface area contributed by atoms with E-state index in [2.05, 4.69) is 40.3 Å². The molecule has 7 unspecified atom stereocenters. The maximum atomic E-state index is 5.84. The molecular weight excluding hydrogens is 268 g/mol. The van der Waals surface area contributed by atoms with E-state index >= 15 is 0 Å². The summed E-state index contributed by atoms with van der Waals surface area (Å²) in [6.07, 6.45) is 13.1. The largest absolute Gasteiger partial charge is 0.369 e. The van der Waals surface area contributed by atoms with Gasteiger partial charge in [-0.05, 0) is 80.0 Å². The second-order valence-corrected chi connectivity index (χ2v) is 8.72. The molecule has 126 valence electrons. The molecule has 1 aliphatic heterocycles. The van der Waals surface area contributed by atoms with Gasteiger partial charge in [0.1, 0.15) is 0 Å². The van der Waals surface area contributed by atoms with Crippen molar-refractivity contribution in [3.05, 3.63) is 12.7 Å². The Labute approximate surface area is 137 Å². The highest BCUT2D eigenvalue weighted by Crippen LogP contribution is 2.60. The first kappa shape index (κ1) is 16.6. The molecule has 0 N–H and O–H groups in total. The fourth-order valence-electron chi connectivity index (χ4n) is 5.51. The Bertz CT molecular complexity index is 397. The zero-order chi connectivity index (χ0) is 15.9. The standard InChI is InChI=1S/C21H36O/c1-6-21(7-2,8-3)10-9-14(4)15(5)11-16-12-17-13-18(16)20-19(17)22-20/h6,14-20H,1,7-13H2,2-5H3. The van der Waals surface area contributed by atoms with E-state index in [0.29, 0.717) is 17.6 Å². The topological polar surface area (TPSA) is 12.5 Å². The minimum atomic E-state index is 0.384. The number of fused-ring (bicyclic) bond motifs is 5. The molecule has 2 aliphatic carbocycles. The van der Waals surface area contributed by atoms with E-state index in [1.54, 1.807) is 0 Å². The number of epoxide rings is 1. The van der Waals surface area contributed by atoms with Crippen molar-refractivity contribution in [2.75, 3.05) is 0 Å². The van der Waals surface area contributed by atoms with Crippen LogP contribution in [0.2, 0.25) is 0 Å². The van der Waals surface area contributed by atoms with Crippen molar-refractivity contribution in [1.29, 1.82) is 0 Å². The van der Waals surface area contributed by atoms with Crippen LogP contribution in [0.1, 0.15) is 72.6 Å². The number of allylic oxidation sites excluding steroid dienone is 1. The van der Waals surface area contributed by atoms with Crippen LogP contribution in [-0.2, 0) is 4.74 Å². The van der Waals surface area contributed by atoms with Crippen LogP contribution in [0.5, 0.6) is 0 Å². The molecule has 3 fully saturated rings. The summed E-state index contributed by atoms with van der Waals surface area (Å²) in [4.78, 5) is 0. The molecule has 3 rings (SSSR count). The molecule has 2 saturated carbocycles. The van der Waals surface area contributed by atoms with Gasteiger partial charge in [-0.2, -0.15) is 0 Å². The van der Waals surface area contributed by atoms with Crippen LogP contribution < -0.4 is 0 Å². The summed E-state index contributed by atoms with van der Waals surface area (Å²) in [5.41, 5.74) is 0.384. The SMILES string of the molecule is C=CC(CC)(CC)CCC(C)C(C)CC1CC2CC1C1OC21. The Morgan fingerprint density at radius 3 is 2.41 bits per heavy atom. The average Bonchev–Trinajstić information content (AvgIpc) is 3.15. The molecule has 0 spiro atoms. The first-order valence-corrected chi connectivity index (χ1v) is 9.82. The van der Waals surface area contributed by atoms with Gasteiger partial charge >= 0.3 is 0 Å². The molecule has 7 atom stereocenters. The molecule has 1 saturated heterocycles. The lowest BCUT2D eigenvalue weighted by Gasteiger charge is -2.32. The molecule has 0 aromatic carbocycles. The lowest BCUT2D eigenvalue weighted by atomic mass is 9.73. The van der Waals surface area contributed by atoms with E-state index in [-0.39, 0.29) is 0 Å². The Hall–Kier alpha value is -0.300. The van der Waals surface area contributed by atoms with Gasteiger partial charge in [0.2, 0.25) is 0 Å². The smallest absolute Gasteiger partial charge is 0.0875 e. The first-order valence-electron chi connectivity index (χ1n) is 9.82. The van der Waals surface area contributed by atoms with Gasteiger partial charge in [-0.15, -0.1) is 6.58 Å². The van der Waals surface area contributed by atoms with Crippen molar-refractivity contribution in [1.82, 2.24) is 0 Å². The molecule has 0 amide bonds. The predicted molar refractivity (Wildman–Crippen MR) is 93.8 cm³/mol. The second-order valence-electron chi connectivity index (χ2n) is 8.72. The zero-order valence-corrected chi connectivity index (χ0v) is 15.2. The highest BCUT2D eigenvalue weighted by atomic mass is 16.6. The maximum Gasteiger partial charge on any atom is 0.0875 e. The molecule has 0 radical (unpaired) electrons. The van der Waals surface area contributed by atoms with E-state index in [9.17, 15) is 0 Å². The lowest BCUT2D eigenvalue weighted by Crippen LogP contribution is -2.23. The zero-order valence-electron chi connectivity index (χ0n) is 15.2. The van der Waals surface area contributed by atoms with E-state index in [1.807, 2.05) is 0 Å². The Kier molecular flexibility index (Phi) is 4.74. The van der Waals surface area contributed by atoms with Gasteiger partial charge in [-0.25, -0.2) is 0 Å². The number of hydrogen-bond acceptors (Lipinski definition) is 1. The number of rotatable bonds is 9. The molecule has 1 nitrogen and oxygen atoms in total. The number of hydrogen-bond donors (Lipinski definition) is 0. The summed E-state index contributed by atoms with van der Waals surface area (Å²) < 4.78 is 5.84. The van der Waals surface area contributed by atoms with Crippen LogP contribution in [0.15, 0.2) is 12.7 Å². The predicted octanol–water partition coefficient (Wildman–Crippen LogP) is 5.84. The summed E-state index contributed by atoms with van der Waals surface area (Å²) in [6, 6.07) is 0. The van der Waals surface area contributed by atoms with Crippen LogP contribution in [0.3, 0.4) is 0 Å². The third-order valence-corrected chi connectivity index (χ3v) is 7.82. The van der Waals surface area contributed by atoms with E-state index in [1.165, 1.54) is 44.9 Å². The van der Waals surface area contributed by atoms with Crippen LogP contribution >= 0.6 is 0 Å². The summed E-state index contributed by atoms with van der Waals surface area (Å²) in [5.74, 6) is 4.51. The van der Waals surface area contributed by atoms with Gasteiger partial charge in [0.15, 0.2) is 0 Å². The Morgan fingerprint density at radius 1 is 1.14 bits per heavy atom. The molecular formula is C21H36O. The quantitative estimate of drug-likeness (QED) is 0.385. The fraction of sp³-hybridized carbons (Fsp3) is 0.905. The summed E-state index contributed by atoms with van der Waals surface area (Å²) in [6.45, 7) is 13.7. The highest BCUT2D eigenvalue weighted by molar-refractivity contribution is 5.10. The highest BCUT2D eigenvalue weighted by Gasteiger charge is 2.62. The minimum Gasteiger partial charge on any atom is -0.369 e. The van der Waals surface area contributed by atoms with Gasteiger partial charge in [-0.1, -0.05) is 33.8 Å². The summed E-state index contributed by atoms with van der Waals surface area (Å²) in [7, 11) is 0. The lowest BCUT2D eigenvalue weighted by molar-refractivity contribution is 0.203. The van der Waals surface area contributed by atoms with Gasteiger partial charge in [0, 0.05) is 0 Å². The average molecular weight is 305 g/mol. The van der Waals surface area contributed by atoms with Crippen LogP contribution in [-0.4, -0.2) is 12.2 Å². The van der Waals surface area contributed by atoms with E-state index < -0.39 is 0 Å². The van der Waals surface area contributed by atoms with Gasteiger partial charge < -0.3 is 4.74 Å². The normalized spacial score (nSPS) is 38.6. The van der Waals surface area contributed by atoms with Gasteiger partial charge in [0.25, 0.3) is 0 Å². The monoisotopic (exact) mass is 304 g/mol. The second kappa shape index (κ2) is 6.30. The van der Waals surface area contributed by atoms with Gasteiger partial charge in [0.05, 0.1) is 12.2 Å². The summed E-state index contributed by atoms with van der Waals surface area (Å²) >= 11 is 0. The summed E-state index contributed by atoms with van der Waals surface area (Å²) in [5, 5.41) is 0.